The highest BCUT2D eigenvalue weighted by molar-refractivity contribution is 6.31. The molecular formula is C39H40FNO17. The summed E-state index contributed by atoms with van der Waals surface area (Å²) in [5, 5.41) is 89.3. The number of benzene rings is 3. The first kappa shape index (κ1) is 40.9. The Labute approximate surface area is 327 Å². The zero-order valence-electron chi connectivity index (χ0n) is 31.2. The second-order valence-electron chi connectivity index (χ2n) is 14.6. The number of aliphatic carboxylic acids is 1. The van der Waals surface area contributed by atoms with Gasteiger partial charge < -0.3 is 69.9 Å². The molecule has 3 aromatic carbocycles. The van der Waals surface area contributed by atoms with Crippen molar-refractivity contribution >= 4 is 23.4 Å². The van der Waals surface area contributed by atoms with Crippen molar-refractivity contribution in [1.82, 2.24) is 5.32 Å². The van der Waals surface area contributed by atoms with E-state index in [4.69, 9.17) is 23.7 Å². The Balaban J connectivity index is 1.39. The highest BCUT2D eigenvalue weighted by Crippen LogP contribution is 2.57. The molecule has 2 fully saturated rings. The van der Waals surface area contributed by atoms with Crippen LogP contribution in [0.15, 0.2) is 24.3 Å². The molecular weight excluding hydrogens is 773 g/mol. The van der Waals surface area contributed by atoms with Gasteiger partial charge in [0, 0.05) is 34.7 Å². The number of ether oxygens (including phenoxy) is 5. The lowest BCUT2D eigenvalue weighted by molar-refractivity contribution is -0.340. The van der Waals surface area contributed by atoms with Crippen molar-refractivity contribution in [2.24, 2.45) is 0 Å². The summed E-state index contributed by atoms with van der Waals surface area (Å²) in [7, 11) is 1.26. The molecule has 0 aromatic heterocycles. The van der Waals surface area contributed by atoms with E-state index in [2.05, 4.69) is 5.32 Å². The Morgan fingerprint density at radius 2 is 1.53 bits per heavy atom. The number of amides is 1. The van der Waals surface area contributed by atoms with E-state index in [1.165, 1.54) is 40.0 Å². The van der Waals surface area contributed by atoms with E-state index in [1.807, 2.05) is 0 Å². The number of methoxy groups -OCH3 is 1. The molecule has 3 aromatic rings. The predicted octanol–water partition coefficient (Wildman–Crippen LogP) is 1.17. The van der Waals surface area contributed by atoms with E-state index >= 15 is 4.39 Å². The quantitative estimate of drug-likeness (QED) is 0.121. The second kappa shape index (κ2) is 15.2. The van der Waals surface area contributed by atoms with Crippen molar-refractivity contribution < 1.29 is 88.1 Å². The third-order valence-corrected chi connectivity index (χ3v) is 10.9. The molecule has 310 valence electrons. The fraction of sp³-hybridized carbons (Fsp3) is 0.436. The Bertz CT molecular complexity index is 2230. The van der Waals surface area contributed by atoms with Crippen LogP contribution in [0.25, 0.3) is 11.1 Å². The summed E-state index contributed by atoms with van der Waals surface area (Å²) in [5.74, 6) is -6.68. The zero-order valence-corrected chi connectivity index (χ0v) is 31.2. The van der Waals surface area contributed by atoms with Gasteiger partial charge in [0.2, 0.25) is 0 Å². The van der Waals surface area contributed by atoms with Crippen LogP contribution in [0.3, 0.4) is 0 Å². The Kier molecular flexibility index (Phi) is 10.7. The van der Waals surface area contributed by atoms with Crippen LogP contribution in [0.1, 0.15) is 91.4 Å². The molecule has 7 rings (SSSR count). The lowest BCUT2D eigenvalue weighted by Crippen LogP contribution is -2.57. The van der Waals surface area contributed by atoms with Crippen molar-refractivity contribution in [3.05, 3.63) is 68.8 Å². The number of hydrogen-bond acceptors (Lipinski definition) is 16. The minimum absolute atomic E-state index is 0.0114. The zero-order chi connectivity index (χ0) is 42.2. The molecule has 2 saturated heterocycles. The number of aliphatic hydroxyl groups excluding tert-OH is 4. The lowest BCUT2D eigenvalue weighted by atomic mass is 9.74. The molecule has 9 unspecified atom stereocenters. The van der Waals surface area contributed by atoms with Crippen molar-refractivity contribution in [2.75, 3.05) is 13.7 Å². The van der Waals surface area contributed by atoms with E-state index < -0.39 is 149 Å². The van der Waals surface area contributed by atoms with Gasteiger partial charge in [-0.05, 0) is 49.6 Å². The smallest absolute Gasteiger partial charge is 0.325 e. The summed E-state index contributed by atoms with van der Waals surface area (Å²) in [6, 6.07) is 3.21. The van der Waals surface area contributed by atoms with Gasteiger partial charge in [0.15, 0.2) is 24.1 Å². The number of carbonyl (C=O) groups excluding carboxylic acids is 3. The summed E-state index contributed by atoms with van der Waals surface area (Å²) in [5.41, 5.74) is -3.42. The van der Waals surface area contributed by atoms with Gasteiger partial charge in [0.05, 0.1) is 36.5 Å². The first-order valence-electron chi connectivity index (χ1n) is 18.1. The molecule has 2 aliphatic carbocycles. The lowest BCUT2D eigenvalue weighted by Gasteiger charge is -2.43. The van der Waals surface area contributed by atoms with Gasteiger partial charge in [0.25, 0.3) is 5.91 Å². The number of hydrogen-bond donors (Lipinski definition) is 9. The van der Waals surface area contributed by atoms with Crippen molar-refractivity contribution in [3.8, 4) is 34.1 Å². The second-order valence-corrected chi connectivity index (χ2v) is 14.6. The first-order chi connectivity index (χ1) is 27.4. The molecule has 2 aliphatic heterocycles. The van der Waals surface area contributed by atoms with E-state index in [0.29, 0.717) is 0 Å². The highest BCUT2D eigenvalue weighted by atomic mass is 19.1. The van der Waals surface area contributed by atoms with Crippen LogP contribution in [0.4, 0.5) is 4.39 Å². The van der Waals surface area contributed by atoms with E-state index in [1.54, 1.807) is 0 Å². The number of carbonyl (C=O) groups is 4. The third-order valence-electron chi connectivity index (χ3n) is 10.9. The number of aromatic hydroxyl groups is 3. The average Bonchev–Trinajstić information content (AvgIpc) is 3.16. The van der Waals surface area contributed by atoms with E-state index in [0.717, 1.165) is 12.1 Å². The average molecular weight is 814 g/mol. The predicted molar refractivity (Wildman–Crippen MR) is 191 cm³/mol. The summed E-state index contributed by atoms with van der Waals surface area (Å²) in [4.78, 5) is 53.2. The fourth-order valence-electron chi connectivity index (χ4n) is 7.78. The first-order valence-corrected chi connectivity index (χ1v) is 18.1. The summed E-state index contributed by atoms with van der Waals surface area (Å²) < 4.78 is 43.7. The molecule has 1 amide bonds. The molecule has 58 heavy (non-hydrogen) atoms. The van der Waals surface area contributed by atoms with Crippen LogP contribution >= 0.6 is 0 Å². The third kappa shape index (κ3) is 6.62. The van der Waals surface area contributed by atoms with Crippen LogP contribution < -0.4 is 10.1 Å². The number of halogens is 1. The number of carboxylic acid groups (broad SMARTS) is 1. The number of phenols is 3. The van der Waals surface area contributed by atoms with Crippen LogP contribution in [0.5, 0.6) is 23.0 Å². The van der Waals surface area contributed by atoms with Crippen molar-refractivity contribution in [3.63, 3.8) is 0 Å². The number of ketones is 2. The number of aliphatic hydroxyl groups is 4. The van der Waals surface area contributed by atoms with Crippen LogP contribution in [-0.2, 0) is 23.7 Å². The maximum Gasteiger partial charge on any atom is 0.325 e. The molecule has 0 saturated carbocycles. The molecule has 4 aliphatic rings. The highest BCUT2D eigenvalue weighted by Gasteiger charge is 2.49. The van der Waals surface area contributed by atoms with Gasteiger partial charge in [-0.2, -0.15) is 0 Å². The van der Waals surface area contributed by atoms with Crippen LogP contribution in [-0.4, -0.2) is 133 Å². The number of rotatable bonds is 8. The van der Waals surface area contributed by atoms with Gasteiger partial charge >= 0.3 is 5.97 Å². The molecule has 11 atom stereocenters. The number of fused-ring (bicyclic) bond motifs is 5. The molecule has 9 N–H and O–H groups in total. The minimum Gasteiger partial charge on any atom is -0.507 e. The van der Waals surface area contributed by atoms with Crippen LogP contribution in [0, 0.1) is 6.92 Å². The van der Waals surface area contributed by atoms with Gasteiger partial charge in [0.1, 0.15) is 71.8 Å². The number of phenolic OH excluding ortho intramolecular Hbond substituents is 3. The largest absolute Gasteiger partial charge is 0.507 e. The van der Waals surface area contributed by atoms with E-state index in [9.17, 15) is 60.0 Å². The molecule has 0 radical (unpaired) electrons. The topological polar surface area (TPSA) is 288 Å². The molecule has 2 heterocycles. The SMILES string of the molecule is COc1cc(O)c2c(c1)C(=O)c1c(cc3c(c1O)-c1c(cc(C)c(C(=O)NC(C)C(=O)O)c1O)[C@H](OC1OC(C)C(F)CC1OC1OCC(O)C(O)C1O)[C@H]3O)C2=O. The fourth-order valence-corrected chi connectivity index (χ4v) is 7.78. The molecule has 18 nitrogen and oxygen atoms in total. The molecule has 0 bridgehead atoms. The number of aryl methyl sites for hydroxylation is 1. The monoisotopic (exact) mass is 813 g/mol. The Hall–Kier alpha value is -5.25. The standard InChI is InChI=1S/C39H40FNO17/c1-11-5-18-26(32(48)23(11)36(51)41-12(2)37(52)53)25-16(8-17-27(33(25)49)29(45)15-6-14(54-4)7-20(42)24(15)28(17)44)30(46)35(18)58-38-22(9-19(40)13(3)56-38)57-39-34(50)31(47)21(43)10-55-39/h5-8,12-13,19,21-22,30-31,34-35,38-39,42-43,46-50H,9-10H2,1-4H3,(H,41,51)(H,52,53)/t12?,13?,19?,21?,22?,30-,31?,34?,35-,38?,39?/m0/s1. The maximum absolute atomic E-state index is 15.2. The normalized spacial score (nSPS) is 29.4. The number of carboxylic acids is 1. The summed E-state index contributed by atoms with van der Waals surface area (Å²) in [6.45, 7) is 3.50. The molecule has 19 heteroatoms. The maximum atomic E-state index is 15.2. The number of nitrogens with one attached hydrogen (secondary N) is 1. The minimum atomic E-state index is -1.89. The Morgan fingerprint density at radius 1 is 0.879 bits per heavy atom. The van der Waals surface area contributed by atoms with Crippen molar-refractivity contribution in [1.29, 1.82) is 0 Å². The summed E-state index contributed by atoms with van der Waals surface area (Å²) in [6.07, 6.45) is -16.3. The van der Waals surface area contributed by atoms with E-state index in [-0.39, 0.29) is 33.6 Å². The van der Waals surface area contributed by atoms with Crippen molar-refractivity contribution in [2.45, 2.75) is 94.7 Å². The Morgan fingerprint density at radius 3 is 2.21 bits per heavy atom. The summed E-state index contributed by atoms with van der Waals surface area (Å²) >= 11 is 0. The van der Waals surface area contributed by atoms with Crippen LogP contribution in [0.2, 0.25) is 0 Å². The van der Waals surface area contributed by atoms with Gasteiger partial charge in [-0.25, -0.2) is 4.39 Å². The molecule has 0 spiro atoms. The van der Waals surface area contributed by atoms with Gasteiger partial charge in [-0.3, -0.25) is 19.2 Å². The van der Waals surface area contributed by atoms with Gasteiger partial charge in [-0.15, -0.1) is 0 Å². The number of alkyl halides is 1. The van der Waals surface area contributed by atoms with Gasteiger partial charge in [-0.1, -0.05) is 6.07 Å².